The van der Waals surface area contributed by atoms with Gasteiger partial charge < -0.3 is 9.84 Å². The van der Waals surface area contributed by atoms with E-state index in [0.717, 1.165) is 39.1 Å². The van der Waals surface area contributed by atoms with E-state index in [4.69, 9.17) is 9.84 Å². The van der Waals surface area contributed by atoms with Gasteiger partial charge in [0.25, 0.3) is 0 Å². The van der Waals surface area contributed by atoms with E-state index < -0.39 is 11.4 Å². The molecule has 17 heavy (non-hydrogen) atoms. The molecule has 4 nitrogen and oxygen atoms in total. The minimum atomic E-state index is -0.709. The first-order chi connectivity index (χ1) is 7.73. The van der Waals surface area contributed by atoms with E-state index in [1.807, 2.05) is 0 Å². The van der Waals surface area contributed by atoms with E-state index >= 15 is 0 Å². The number of carbonyl (C=O) groups is 1. The molecule has 0 bridgehead atoms. The van der Waals surface area contributed by atoms with Crippen LogP contribution in [0.2, 0.25) is 0 Å². The number of hydrogen-bond acceptors (Lipinski definition) is 3. The fourth-order valence-electron chi connectivity index (χ4n) is 2.16. The third kappa shape index (κ3) is 4.64. The second-order valence-electron chi connectivity index (χ2n) is 6.18. The van der Waals surface area contributed by atoms with Crippen LogP contribution in [-0.4, -0.2) is 47.8 Å². The number of morpholine rings is 1. The molecule has 1 saturated heterocycles. The molecule has 4 heteroatoms. The number of aliphatic carboxylic acids is 1. The van der Waals surface area contributed by atoms with Crippen LogP contribution >= 0.6 is 0 Å². The van der Waals surface area contributed by atoms with Crippen molar-refractivity contribution in [3.05, 3.63) is 0 Å². The number of rotatable bonds is 5. The molecule has 0 aromatic carbocycles. The maximum absolute atomic E-state index is 11.0. The molecule has 0 aliphatic carbocycles. The second-order valence-corrected chi connectivity index (χ2v) is 6.18. The van der Waals surface area contributed by atoms with Gasteiger partial charge in [-0.2, -0.15) is 0 Å². The third-order valence-electron chi connectivity index (χ3n) is 3.36. The summed E-state index contributed by atoms with van der Waals surface area (Å²) in [6, 6.07) is 0. The molecular weight excluding hydrogens is 218 g/mol. The van der Waals surface area contributed by atoms with Gasteiger partial charge in [0.05, 0.1) is 17.6 Å². The van der Waals surface area contributed by atoms with E-state index in [1.54, 1.807) is 13.8 Å². The van der Waals surface area contributed by atoms with E-state index in [1.165, 1.54) is 0 Å². The second kappa shape index (κ2) is 5.36. The summed E-state index contributed by atoms with van der Waals surface area (Å²) >= 11 is 0. The van der Waals surface area contributed by atoms with Crippen LogP contribution in [0.4, 0.5) is 0 Å². The van der Waals surface area contributed by atoms with Crippen molar-refractivity contribution in [2.24, 2.45) is 5.41 Å². The maximum Gasteiger partial charge on any atom is 0.309 e. The average Bonchev–Trinajstić information content (AvgIpc) is 2.15. The minimum absolute atomic E-state index is 0.0689. The molecule has 1 heterocycles. The average molecular weight is 243 g/mol. The summed E-state index contributed by atoms with van der Waals surface area (Å²) in [6.45, 7) is 11.4. The van der Waals surface area contributed by atoms with Gasteiger partial charge in [-0.1, -0.05) is 0 Å². The fraction of sp³-hybridized carbons (Fsp3) is 0.923. The Labute approximate surface area is 104 Å². The van der Waals surface area contributed by atoms with Gasteiger partial charge in [-0.3, -0.25) is 9.69 Å². The van der Waals surface area contributed by atoms with Gasteiger partial charge in [0.1, 0.15) is 0 Å². The summed E-state index contributed by atoms with van der Waals surface area (Å²) in [5.41, 5.74) is -0.678. The maximum atomic E-state index is 11.0. The third-order valence-corrected chi connectivity index (χ3v) is 3.36. The quantitative estimate of drug-likeness (QED) is 0.802. The SMILES string of the molecule is CC1(C)CN(CCCC(C)(C)C(=O)O)CCO1. The molecule has 1 N–H and O–H groups in total. The lowest BCUT2D eigenvalue weighted by atomic mass is 9.88. The van der Waals surface area contributed by atoms with Crippen molar-refractivity contribution in [2.45, 2.75) is 46.1 Å². The molecule has 0 aromatic rings. The summed E-state index contributed by atoms with van der Waals surface area (Å²) in [4.78, 5) is 13.3. The van der Waals surface area contributed by atoms with Gasteiger partial charge in [0, 0.05) is 13.1 Å². The lowest BCUT2D eigenvalue weighted by Gasteiger charge is -2.38. The van der Waals surface area contributed by atoms with E-state index in [-0.39, 0.29) is 5.60 Å². The Balaban J connectivity index is 2.30. The van der Waals surface area contributed by atoms with Gasteiger partial charge in [-0.25, -0.2) is 0 Å². The van der Waals surface area contributed by atoms with Gasteiger partial charge in [-0.05, 0) is 47.1 Å². The Hall–Kier alpha value is -0.610. The lowest BCUT2D eigenvalue weighted by molar-refractivity contribution is -0.147. The normalized spacial score (nSPS) is 21.4. The fourth-order valence-corrected chi connectivity index (χ4v) is 2.16. The van der Waals surface area contributed by atoms with Crippen molar-refractivity contribution in [2.75, 3.05) is 26.2 Å². The zero-order chi connectivity index (χ0) is 13.1. The van der Waals surface area contributed by atoms with Crippen LogP contribution in [0.3, 0.4) is 0 Å². The van der Waals surface area contributed by atoms with E-state index in [0.29, 0.717) is 0 Å². The smallest absolute Gasteiger partial charge is 0.309 e. The van der Waals surface area contributed by atoms with Crippen molar-refractivity contribution < 1.29 is 14.6 Å². The van der Waals surface area contributed by atoms with Crippen LogP contribution in [0.15, 0.2) is 0 Å². The summed E-state index contributed by atoms with van der Waals surface area (Å²) in [5.74, 6) is -0.709. The van der Waals surface area contributed by atoms with Crippen molar-refractivity contribution in [1.82, 2.24) is 4.90 Å². The Morgan fingerprint density at radius 1 is 1.47 bits per heavy atom. The van der Waals surface area contributed by atoms with Crippen molar-refractivity contribution >= 4 is 5.97 Å². The Morgan fingerprint density at radius 3 is 2.65 bits per heavy atom. The molecule has 1 aliphatic heterocycles. The number of carboxylic acids is 1. The predicted molar refractivity (Wildman–Crippen MR) is 67.1 cm³/mol. The zero-order valence-corrected chi connectivity index (χ0v) is 11.5. The van der Waals surface area contributed by atoms with E-state index in [9.17, 15) is 4.79 Å². The van der Waals surface area contributed by atoms with Crippen LogP contribution in [0, 0.1) is 5.41 Å². The number of ether oxygens (including phenoxy) is 1. The van der Waals surface area contributed by atoms with Crippen molar-refractivity contribution in [3.8, 4) is 0 Å². The summed E-state index contributed by atoms with van der Waals surface area (Å²) in [7, 11) is 0. The van der Waals surface area contributed by atoms with Crippen LogP contribution in [0.5, 0.6) is 0 Å². The Kier molecular flexibility index (Phi) is 4.55. The highest BCUT2D eigenvalue weighted by atomic mass is 16.5. The first-order valence-electron chi connectivity index (χ1n) is 6.33. The molecule has 1 fully saturated rings. The molecule has 100 valence electrons. The van der Waals surface area contributed by atoms with Crippen LogP contribution in [-0.2, 0) is 9.53 Å². The Bertz CT molecular complexity index is 274. The molecule has 0 aromatic heterocycles. The molecule has 0 saturated carbocycles. The van der Waals surface area contributed by atoms with Gasteiger partial charge in [0.2, 0.25) is 0 Å². The summed E-state index contributed by atoms with van der Waals surface area (Å²) in [6.07, 6.45) is 1.65. The molecular formula is C13H25NO3. The van der Waals surface area contributed by atoms with E-state index in [2.05, 4.69) is 18.7 Å². The topological polar surface area (TPSA) is 49.8 Å². The van der Waals surface area contributed by atoms with Gasteiger partial charge >= 0.3 is 5.97 Å². The molecule has 0 unspecified atom stereocenters. The predicted octanol–water partition coefficient (Wildman–Crippen LogP) is 1.99. The van der Waals surface area contributed by atoms with Crippen LogP contribution in [0.25, 0.3) is 0 Å². The number of nitrogens with zero attached hydrogens (tertiary/aromatic N) is 1. The zero-order valence-electron chi connectivity index (χ0n) is 11.5. The standard InChI is InChI=1S/C13H25NO3/c1-12(2,11(15)16)6-5-7-14-8-9-17-13(3,4)10-14/h5-10H2,1-4H3,(H,15,16). The highest BCUT2D eigenvalue weighted by Crippen LogP contribution is 2.23. The molecule has 0 spiro atoms. The highest BCUT2D eigenvalue weighted by molar-refractivity contribution is 5.73. The molecule has 1 rings (SSSR count). The van der Waals surface area contributed by atoms with Crippen LogP contribution < -0.4 is 0 Å². The summed E-state index contributed by atoms with van der Waals surface area (Å²) in [5, 5.41) is 9.03. The van der Waals surface area contributed by atoms with Crippen molar-refractivity contribution in [3.63, 3.8) is 0 Å². The first-order valence-corrected chi connectivity index (χ1v) is 6.33. The van der Waals surface area contributed by atoms with Gasteiger partial charge in [0.15, 0.2) is 0 Å². The highest BCUT2D eigenvalue weighted by Gasteiger charge is 2.29. The minimum Gasteiger partial charge on any atom is -0.481 e. The lowest BCUT2D eigenvalue weighted by Crippen LogP contribution is -2.48. The number of hydrogen-bond donors (Lipinski definition) is 1. The van der Waals surface area contributed by atoms with Crippen LogP contribution in [0.1, 0.15) is 40.5 Å². The molecule has 0 radical (unpaired) electrons. The molecule has 0 atom stereocenters. The monoisotopic (exact) mass is 243 g/mol. The van der Waals surface area contributed by atoms with Crippen molar-refractivity contribution in [1.29, 1.82) is 0 Å². The number of carboxylic acid groups (broad SMARTS) is 1. The van der Waals surface area contributed by atoms with Gasteiger partial charge in [-0.15, -0.1) is 0 Å². The Morgan fingerprint density at radius 2 is 2.12 bits per heavy atom. The summed E-state index contributed by atoms with van der Waals surface area (Å²) < 4.78 is 5.65. The molecule has 0 amide bonds. The first kappa shape index (κ1) is 14.5. The largest absolute Gasteiger partial charge is 0.481 e. The molecule has 1 aliphatic rings.